The molecular formula is C26H32BrN3O6. The maximum atomic E-state index is 13.6. The second-order valence-corrected chi connectivity index (χ2v) is 11.4. The molecule has 2 amide bonds. The lowest BCUT2D eigenvalue weighted by Crippen LogP contribution is -2.57. The number of pyridine rings is 1. The lowest BCUT2D eigenvalue weighted by Gasteiger charge is -2.34. The smallest absolute Gasteiger partial charge is 0.407 e. The lowest BCUT2D eigenvalue weighted by molar-refractivity contribution is -0.150. The number of aromatic nitrogens is 1. The van der Waals surface area contributed by atoms with E-state index < -0.39 is 41.6 Å². The van der Waals surface area contributed by atoms with Crippen LogP contribution in [-0.4, -0.2) is 64.3 Å². The molecule has 1 aromatic heterocycles. The zero-order valence-corrected chi connectivity index (χ0v) is 22.3. The van der Waals surface area contributed by atoms with Crippen molar-refractivity contribution in [2.75, 3.05) is 13.2 Å². The number of rotatable bonds is 1. The van der Waals surface area contributed by atoms with Crippen LogP contribution >= 0.6 is 15.9 Å². The molecule has 9 nitrogen and oxygen atoms in total. The molecule has 0 radical (unpaired) electrons. The molecule has 3 atom stereocenters. The van der Waals surface area contributed by atoms with Gasteiger partial charge >= 0.3 is 12.1 Å². The summed E-state index contributed by atoms with van der Waals surface area (Å²) in [6.07, 6.45) is 3.84. The first-order valence-electron chi connectivity index (χ1n) is 12.2. The summed E-state index contributed by atoms with van der Waals surface area (Å²) in [6, 6.07) is 4.00. The summed E-state index contributed by atoms with van der Waals surface area (Å²) in [5, 5.41) is 14.4. The van der Waals surface area contributed by atoms with Gasteiger partial charge in [-0.3, -0.25) is 4.79 Å². The van der Waals surface area contributed by atoms with Crippen LogP contribution in [-0.2, 0) is 20.7 Å². The minimum absolute atomic E-state index is 0.0675. The van der Waals surface area contributed by atoms with E-state index in [1.165, 1.54) is 4.90 Å². The number of carbonyl (C=O) groups is 3. The van der Waals surface area contributed by atoms with E-state index in [0.29, 0.717) is 12.3 Å². The number of carbonyl (C=O) groups excluding carboxylic acids is 2. The first-order chi connectivity index (χ1) is 17.0. The van der Waals surface area contributed by atoms with Gasteiger partial charge in [0.15, 0.2) is 0 Å². The molecule has 1 fully saturated rings. The van der Waals surface area contributed by atoms with Crippen molar-refractivity contribution in [1.29, 1.82) is 0 Å². The van der Waals surface area contributed by atoms with Crippen molar-refractivity contribution in [1.82, 2.24) is 15.2 Å². The number of hydrogen-bond donors (Lipinski definition) is 2. The van der Waals surface area contributed by atoms with Gasteiger partial charge in [-0.15, -0.1) is 0 Å². The van der Waals surface area contributed by atoms with Gasteiger partial charge in [-0.05, 0) is 54.9 Å². The Morgan fingerprint density at radius 3 is 2.69 bits per heavy atom. The summed E-state index contributed by atoms with van der Waals surface area (Å²) in [6.45, 7) is 5.76. The standard InChI is InChI=1S/C26H32BrN3O6/c1-26(2,3)21-23(31)30-14-16(13-20(30)24(32)33)36-22-18-11-15(12-19(27)17(18)8-9-28-22)7-5-4-6-10-35-25(34)29-21/h8-9,11-12,16,20-21H,4-7,10,13-14H2,1-3H3,(H,29,34)(H,32,33)/t16-,20+,21-/m1/s1. The van der Waals surface area contributed by atoms with Crippen molar-refractivity contribution in [3.63, 3.8) is 0 Å². The van der Waals surface area contributed by atoms with E-state index >= 15 is 0 Å². The van der Waals surface area contributed by atoms with Crippen molar-refractivity contribution < 1.29 is 29.0 Å². The fraction of sp³-hybridized carbons (Fsp3) is 0.538. The highest BCUT2D eigenvalue weighted by atomic mass is 79.9. The van der Waals surface area contributed by atoms with E-state index in [1.54, 1.807) is 6.20 Å². The molecule has 0 spiro atoms. The van der Waals surface area contributed by atoms with E-state index in [-0.39, 0.29) is 19.6 Å². The average molecular weight is 562 g/mol. The van der Waals surface area contributed by atoms with Crippen molar-refractivity contribution in [3.05, 3.63) is 34.4 Å². The highest BCUT2D eigenvalue weighted by Crippen LogP contribution is 2.34. The van der Waals surface area contributed by atoms with Crippen LogP contribution in [0.25, 0.3) is 10.8 Å². The summed E-state index contributed by atoms with van der Waals surface area (Å²) in [7, 11) is 0. The molecule has 0 saturated carbocycles. The van der Waals surface area contributed by atoms with E-state index in [0.717, 1.165) is 40.1 Å². The Balaban J connectivity index is 1.71. The van der Waals surface area contributed by atoms with Gasteiger partial charge in [-0.25, -0.2) is 14.6 Å². The molecule has 3 heterocycles. The summed E-state index contributed by atoms with van der Waals surface area (Å²) in [5.74, 6) is -1.19. The molecule has 4 rings (SSSR count). The topological polar surface area (TPSA) is 118 Å². The molecule has 0 aliphatic carbocycles. The number of amides is 2. The number of benzene rings is 1. The number of fused-ring (bicyclic) bond motifs is 3. The molecule has 4 bridgehead atoms. The molecule has 0 unspecified atom stereocenters. The van der Waals surface area contributed by atoms with Gasteiger partial charge in [0, 0.05) is 27.9 Å². The average Bonchev–Trinajstić information content (AvgIpc) is 3.23. The molecular weight excluding hydrogens is 530 g/mol. The van der Waals surface area contributed by atoms with Gasteiger partial charge in [0.1, 0.15) is 18.2 Å². The number of ether oxygens (including phenoxy) is 2. The SMILES string of the molecule is CC(C)(C)[C@@H]1NC(=O)OCCCCCc2cc(Br)c3ccnc(c3c2)O[C@@H]2C[C@@H](C(=O)O)N(C2)C1=O. The molecule has 1 saturated heterocycles. The Kier molecular flexibility index (Phi) is 7.73. The number of hydrogen-bond acceptors (Lipinski definition) is 6. The van der Waals surface area contributed by atoms with Gasteiger partial charge in [-0.1, -0.05) is 36.7 Å². The van der Waals surface area contributed by atoms with Crippen LogP contribution in [0.1, 0.15) is 52.0 Å². The van der Waals surface area contributed by atoms with Gasteiger partial charge in [-0.2, -0.15) is 0 Å². The Morgan fingerprint density at radius 1 is 1.19 bits per heavy atom. The minimum atomic E-state index is -1.12. The Bertz CT molecular complexity index is 1160. The van der Waals surface area contributed by atoms with Crippen LogP contribution < -0.4 is 10.1 Å². The van der Waals surface area contributed by atoms with Crippen LogP contribution in [0.5, 0.6) is 5.88 Å². The highest BCUT2D eigenvalue weighted by molar-refractivity contribution is 9.10. The van der Waals surface area contributed by atoms with Gasteiger partial charge in [0.05, 0.1) is 13.2 Å². The molecule has 2 aliphatic heterocycles. The van der Waals surface area contributed by atoms with Crippen LogP contribution in [0.15, 0.2) is 28.9 Å². The molecule has 2 aromatic rings. The van der Waals surface area contributed by atoms with Crippen molar-refractivity contribution in [2.45, 2.75) is 71.1 Å². The number of carboxylic acid groups (broad SMARTS) is 1. The minimum Gasteiger partial charge on any atom is -0.480 e. The van der Waals surface area contributed by atoms with E-state index in [4.69, 9.17) is 9.47 Å². The number of aliphatic carboxylic acids is 1. The second kappa shape index (κ2) is 10.6. The highest BCUT2D eigenvalue weighted by Gasteiger charge is 2.46. The third kappa shape index (κ3) is 5.74. The maximum Gasteiger partial charge on any atom is 0.407 e. The Labute approximate surface area is 218 Å². The number of halogens is 1. The van der Waals surface area contributed by atoms with Crippen LogP contribution in [0.2, 0.25) is 0 Å². The van der Waals surface area contributed by atoms with Crippen LogP contribution in [0.4, 0.5) is 4.79 Å². The molecule has 2 aliphatic rings. The second-order valence-electron chi connectivity index (χ2n) is 10.5. The number of nitrogens with zero attached hydrogens (tertiary/aromatic N) is 2. The summed E-state index contributed by atoms with van der Waals surface area (Å²) in [5.41, 5.74) is 0.449. The molecule has 36 heavy (non-hydrogen) atoms. The fourth-order valence-electron chi connectivity index (χ4n) is 4.77. The van der Waals surface area contributed by atoms with Crippen molar-refractivity contribution in [2.24, 2.45) is 5.41 Å². The number of carboxylic acids is 1. The lowest BCUT2D eigenvalue weighted by atomic mass is 9.85. The maximum absolute atomic E-state index is 13.6. The summed E-state index contributed by atoms with van der Waals surface area (Å²) in [4.78, 5) is 43.9. The van der Waals surface area contributed by atoms with Gasteiger partial charge < -0.3 is 24.8 Å². The van der Waals surface area contributed by atoms with Crippen LogP contribution in [0.3, 0.4) is 0 Å². The van der Waals surface area contributed by atoms with E-state index in [1.807, 2.05) is 26.8 Å². The molecule has 10 heteroatoms. The third-order valence-electron chi connectivity index (χ3n) is 6.68. The predicted molar refractivity (Wildman–Crippen MR) is 137 cm³/mol. The number of cyclic esters (lactones) is 1. The monoisotopic (exact) mass is 561 g/mol. The number of alkyl carbamates (subject to hydrolysis) is 1. The van der Waals surface area contributed by atoms with E-state index in [2.05, 4.69) is 38.4 Å². The predicted octanol–water partition coefficient (Wildman–Crippen LogP) is 4.30. The molecule has 2 N–H and O–H groups in total. The fourth-order valence-corrected chi connectivity index (χ4v) is 5.41. The quantitative estimate of drug-likeness (QED) is 0.532. The molecule has 1 aromatic carbocycles. The Morgan fingerprint density at radius 2 is 1.97 bits per heavy atom. The summed E-state index contributed by atoms with van der Waals surface area (Å²) >= 11 is 3.66. The normalized spacial score (nSPS) is 24.0. The largest absolute Gasteiger partial charge is 0.480 e. The number of nitrogens with one attached hydrogen (secondary N) is 1. The number of aryl methyl sites for hydroxylation is 1. The first kappa shape index (κ1) is 26.2. The van der Waals surface area contributed by atoms with Crippen molar-refractivity contribution >= 4 is 44.7 Å². The third-order valence-corrected chi connectivity index (χ3v) is 7.34. The zero-order valence-electron chi connectivity index (χ0n) is 20.8. The molecule has 194 valence electrons. The Hall–Kier alpha value is -2.88. The van der Waals surface area contributed by atoms with Crippen LogP contribution in [0, 0.1) is 5.41 Å². The van der Waals surface area contributed by atoms with Crippen molar-refractivity contribution in [3.8, 4) is 5.88 Å². The zero-order chi connectivity index (χ0) is 26.0. The summed E-state index contributed by atoms with van der Waals surface area (Å²) < 4.78 is 12.5. The van der Waals surface area contributed by atoms with Gasteiger partial charge in [0.25, 0.3) is 0 Å². The van der Waals surface area contributed by atoms with E-state index in [9.17, 15) is 19.5 Å². The first-order valence-corrected chi connectivity index (χ1v) is 13.0. The van der Waals surface area contributed by atoms with Gasteiger partial charge in [0.2, 0.25) is 11.8 Å².